The average Bonchev–Trinajstić information content (AvgIpc) is 2.99. The average molecular weight is 636 g/mol. The van der Waals surface area contributed by atoms with Gasteiger partial charge in [-0.15, -0.1) is 0 Å². The first-order valence-electron chi connectivity index (χ1n) is 14.6. The molecule has 0 aromatic heterocycles. The van der Waals surface area contributed by atoms with E-state index in [1.165, 1.54) is 18.1 Å². The number of nitrogens with one attached hydrogen (secondary N) is 3. The van der Waals surface area contributed by atoms with Crippen molar-refractivity contribution in [2.24, 2.45) is 0 Å². The number of hydrogen-bond acceptors (Lipinski definition) is 7. The molecule has 0 aliphatic heterocycles. The van der Waals surface area contributed by atoms with Crippen LogP contribution in [0.1, 0.15) is 36.8 Å². The molecule has 5 aromatic rings. The van der Waals surface area contributed by atoms with E-state index in [-0.39, 0.29) is 10.8 Å². The summed E-state index contributed by atoms with van der Waals surface area (Å²) >= 11 is 0. The molecule has 0 aliphatic carbocycles. The topological polar surface area (TPSA) is 145 Å². The molecule has 0 bridgehead atoms. The third kappa shape index (κ3) is 7.20. The van der Waals surface area contributed by atoms with Crippen molar-refractivity contribution in [1.29, 1.82) is 0 Å². The molecule has 5 aromatic carbocycles. The van der Waals surface area contributed by atoms with E-state index in [1.54, 1.807) is 18.2 Å². The Hall–Kier alpha value is -3.58. The van der Waals surface area contributed by atoms with Gasteiger partial charge >= 0.3 is 0 Å². The van der Waals surface area contributed by atoms with Crippen LogP contribution in [-0.4, -0.2) is 52.1 Å². The van der Waals surface area contributed by atoms with Gasteiger partial charge < -0.3 is 16.0 Å². The van der Waals surface area contributed by atoms with Crippen molar-refractivity contribution in [3.8, 4) is 0 Å². The van der Waals surface area contributed by atoms with Crippen LogP contribution in [0.4, 0.5) is 5.69 Å². The molecule has 5 N–H and O–H groups in total. The minimum atomic E-state index is -4.77. The Morgan fingerprint density at radius 3 is 1.86 bits per heavy atom. The summed E-state index contributed by atoms with van der Waals surface area (Å²) in [5.41, 5.74) is 3.21. The van der Waals surface area contributed by atoms with E-state index in [9.17, 15) is 25.9 Å². The lowest BCUT2D eigenvalue weighted by atomic mass is 9.93. The minimum absolute atomic E-state index is 0.182. The molecule has 0 unspecified atom stereocenters. The van der Waals surface area contributed by atoms with Crippen LogP contribution >= 0.6 is 0 Å². The van der Waals surface area contributed by atoms with Crippen LogP contribution in [0.2, 0.25) is 0 Å². The fourth-order valence-electron chi connectivity index (χ4n) is 5.68. The molecule has 0 heterocycles. The summed E-state index contributed by atoms with van der Waals surface area (Å²) < 4.78 is 68.4. The monoisotopic (exact) mass is 635 g/mol. The van der Waals surface area contributed by atoms with Crippen LogP contribution in [-0.2, 0) is 26.8 Å². The van der Waals surface area contributed by atoms with Gasteiger partial charge in [0.2, 0.25) is 0 Å². The van der Waals surface area contributed by atoms with E-state index in [0.717, 1.165) is 73.5 Å². The fourth-order valence-corrected chi connectivity index (χ4v) is 7.19. The molecule has 0 radical (unpaired) electrons. The van der Waals surface area contributed by atoms with Gasteiger partial charge in [-0.25, -0.2) is 0 Å². The molecule has 11 heteroatoms. The number of benzene rings is 5. The third-order valence-electron chi connectivity index (χ3n) is 7.88. The predicted octanol–water partition coefficient (Wildman–Crippen LogP) is 6.07. The second-order valence-electron chi connectivity index (χ2n) is 10.9. The zero-order valence-corrected chi connectivity index (χ0v) is 26.0. The van der Waals surface area contributed by atoms with Gasteiger partial charge in [0.15, 0.2) is 0 Å². The molecule has 9 nitrogen and oxygen atoms in total. The first kappa shape index (κ1) is 31.8. The molecule has 0 atom stereocenters. The standard InChI is InChI=1S/C33H37N3O6S2/c1-2-23-7-9-24(10-8-23)22-35-18-6-4-3-5-17-34-19-20-36-29-16-12-25-11-13-27-30(43(37,38)39)21-31(44(40,41)42)28-15-14-26(29)32(25)33(27)28/h2,7-16,21,34-36H,1,3-6,17-20,22H2,(H,37,38,39)(H,40,41,42). The SMILES string of the molecule is C=Cc1ccc(CNCCCCCCNCCNc2ccc3ccc4c(S(=O)(=O)O)cc(S(=O)(=O)O)c5ccc2c3c45)cc1. The molecule has 0 fully saturated rings. The van der Waals surface area contributed by atoms with Crippen molar-refractivity contribution in [1.82, 2.24) is 10.6 Å². The molecule has 232 valence electrons. The Morgan fingerprint density at radius 1 is 0.636 bits per heavy atom. The summed E-state index contributed by atoms with van der Waals surface area (Å²) in [7, 11) is -9.54. The highest BCUT2D eigenvalue weighted by Gasteiger charge is 2.25. The van der Waals surface area contributed by atoms with Crippen molar-refractivity contribution in [2.45, 2.75) is 42.0 Å². The minimum Gasteiger partial charge on any atom is -0.383 e. The van der Waals surface area contributed by atoms with E-state index in [2.05, 4.69) is 46.8 Å². The molecule has 0 saturated carbocycles. The molecular formula is C33H37N3O6S2. The summed E-state index contributed by atoms with van der Waals surface area (Å²) in [6.45, 7) is 7.95. The number of rotatable bonds is 16. The maximum Gasteiger partial charge on any atom is 0.295 e. The maximum absolute atomic E-state index is 12.2. The van der Waals surface area contributed by atoms with Crippen molar-refractivity contribution < 1.29 is 25.9 Å². The van der Waals surface area contributed by atoms with Gasteiger partial charge in [-0.05, 0) is 60.0 Å². The van der Waals surface area contributed by atoms with E-state index in [4.69, 9.17) is 0 Å². The molecular weight excluding hydrogens is 599 g/mol. The highest BCUT2D eigenvalue weighted by Crippen LogP contribution is 2.42. The summed E-state index contributed by atoms with van der Waals surface area (Å²) in [5.74, 6) is 0. The Labute approximate surface area is 258 Å². The quantitative estimate of drug-likeness (QED) is 0.0495. The molecule has 0 spiro atoms. The molecule has 44 heavy (non-hydrogen) atoms. The Balaban J connectivity index is 1.14. The Bertz CT molecular complexity index is 1940. The second-order valence-corrected chi connectivity index (χ2v) is 13.7. The van der Waals surface area contributed by atoms with Crippen molar-refractivity contribution >= 4 is 64.3 Å². The van der Waals surface area contributed by atoms with Crippen LogP contribution in [0.15, 0.2) is 83.1 Å². The van der Waals surface area contributed by atoms with E-state index in [0.29, 0.717) is 17.3 Å². The largest absolute Gasteiger partial charge is 0.383 e. The normalized spacial score (nSPS) is 12.4. The van der Waals surface area contributed by atoms with Gasteiger partial charge in [0.05, 0.1) is 0 Å². The second kappa shape index (κ2) is 13.6. The molecule has 0 aliphatic rings. The summed E-state index contributed by atoms with van der Waals surface area (Å²) in [6, 6.07) is 19.6. The molecule has 5 rings (SSSR count). The van der Waals surface area contributed by atoms with Crippen LogP contribution in [0, 0.1) is 0 Å². The summed E-state index contributed by atoms with van der Waals surface area (Å²) in [6.07, 6.45) is 6.40. The number of unbranched alkanes of at least 4 members (excludes halogenated alkanes) is 3. The van der Waals surface area contributed by atoms with Crippen LogP contribution < -0.4 is 16.0 Å². The zero-order chi connectivity index (χ0) is 31.3. The molecule has 0 saturated heterocycles. The van der Waals surface area contributed by atoms with Crippen molar-refractivity contribution in [3.63, 3.8) is 0 Å². The smallest absolute Gasteiger partial charge is 0.295 e. The first-order chi connectivity index (χ1) is 21.1. The fraction of sp³-hybridized carbons (Fsp3) is 0.273. The van der Waals surface area contributed by atoms with Gasteiger partial charge in [0.25, 0.3) is 20.2 Å². The lowest BCUT2D eigenvalue weighted by molar-refractivity contribution is 0.482. The maximum atomic E-state index is 12.2. The predicted molar refractivity (Wildman–Crippen MR) is 178 cm³/mol. The lowest BCUT2D eigenvalue weighted by Gasteiger charge is -2.17. The van der Waals surface area contributed by atoms with Crippen LogP contribution in [0.3, 0.4) is 0 Å². The Morgan fingerprint density at radius 2 is 1.23 bits per heavy atom. The lowest BCUT2D eigenvalue weighted by Crippen LogP contribution is -2.23. The van der Waals surface area contributed by atoms with Gasteiger partial charge in [-0.3, -0.25) is 9.11 Å². The van der Waals surface area contributed by atoms with Crippen LogP contribution in [0.25, 0.3) is 38.4 Å². The molecule has 0 amide bonds. The third-order valence-corrected chi connectivity index (χ3v) is 9.67. The first-order valence-corrected chi connectivity index (χ1v) is 17.5. The van der Waals surface area contributed by atoms with E-state index >= 15 is 0 Å². The van der Waals surface area contributed by atoms with E-state index < -0.39 is 30.0 Å². The van der Waals surface area contributed by atoms with Crippen molar-refractivity contribution in [3.05, 3.63) is 84.4 Å². The van der Waals surface area contributed by atoms with E-state index in [1.807, 2.05) is 18.2 Å². The van der Waals surface area contributed by atoms with Gasteiger partial charge in [0.1, 0.15) is 9.79 Å². The van der Waals surface area contributed by atoms with Crippen molar-refractivity contribution in [2.75, 3.05) is 31.5 Å². The summed E-state index contributed by atoms with van der Waals surface area (Å²) in [5, 5.41) is 13.3. The van der Waals surface area contributed by atoms with Crippen LogP contribution in [0.5, 0.6) is 0 Å². The zero-order valence-electron chi connectivity index (χ0n) is 24.3. The number of anilines is 1. The number of hydrogen-bond donors (Lipinski definition) is 5. The van der Waals surface area contributed by atoms with Gasteiger partial charge in [-0.1, -0.05) is 80.1 Å². The summed E-state index contributed by atoms with van der Waals surface area (Å²) in [4.78, 5) is -1.14. The highest BCUT2D eigenvalue weighted by atomic mass is 32.2. The van der Waals surface area contributed by atoms with Gasteiger partial charge in [0, 0.05) is 46.9 Å². The highest BCUT2D eigenvalue weighted by molar-refractivity contribution is 7.87. The Kier molecular flexibility index (Phi) is 9.84. The van der Waals surface area contributed by atoms with Gasteiger partial charge in [-0.2, -0.15) is 16.8 Å².